The minimum Gasteiger partial charge on any atom is -0.444 e. The number of Topliss-reactive ketones (excluding diaryl/α,β-unsaturated/α-hetero) is 1. The highest BCUT2D eigenvalue weighted by atomic mass is 32.2. The van der Waals surface area contributed by atoms with E-state index in [9.17, 15) is 36.0 Å². The number of alkyl halides is 2. The molecule has 3 aliphatic rings. The number of sulfone groups is 1. The molecule has 0 N–H and O–H groups in total. The quantitative estimate of drug-likeness (QED) is 0.177. The van der Waals surface area contributed by atoms with E-state index in [2.05, 4.69) is 4.98 Å². The van der Waals surface area contributed by atoms with Gasteiger partial charge < -0.3 is 18.6 Å². The lowest BCUT2D eigenvalue weighted by Gasteiger charge is -2.33. The average molecular weight is 752 g/mol. The molecular formula is C34H36F3N3O9S2. The molecule has 1 saturated carbocycles. The minimum atomic E-state index is -3.82. The third kappa shape index (κ3) is 6.80. The molecule has 2 saturated heterocycles. The van der Waals surface area contributed by atoms with E-state index in [-0.39, 0.29) is 39.6 Å². The molecule has 1 aliphatic carbocycles. The fraction of sp³-hybridized carbons (Fsp3) is 0.529. The van der Waals surface area contributed by atoms with Gasteiger partial charge in [0.1, 0.15) is 40.1 Å². The first-order chi connectivity index (χ1) is 24.1. The Morgan fingerprint density at radius 2 is 1.84 bits per heavy atom. The van der Waals surface area contributed by atoms with Gasteiger partial charge in [-0.05, 0) is 83.1 Å². The van der Waals surface area contributed by atoms with Gasteiger partial charge in [0.2, 0.25) is 5.89 Å². The van der Waals surface area contributed by atoms with Crippen molar-refractivity contribution in [1.29, 1.82) is 0 Å². The summed E-state index contributed by atoms with van der Waals surface area (Å²) < 4.78 is 92.6. The summed E-state index contributed by atoms with van der Waals surface area (Å²) >= 11 is 1.01. The van der Waals surface area contributed by atoms with Crippen molar-refractivity contribution in [3.8, 4) is 16.5 Å². The number of nitrogens with zero attached hydrogens (tertiary/aromatic N) is 3. The summed E-state index contributed by atoms with van der Waals surface area (Å²) in [4.78, 5) is 47.5. The summed E-state index contributed by atoms with van der Waals surface area (Å²) in [6.07, 6.45) is 4.28. The van der Waals surface area contributed by atoms with Crippen molar-refractivity contribution in [3.05, 3.63) is 68.4 Å². The fourth-order valence-corrected chi connectivity index (χ4v) is 10.1. The molecule has 0 radical (unpaired) electrons. The van der Waals surface area contributed by atoms with Crippen LogP contribution in [0.4, 0.5) is 13.2 Å². The highest BCUT2D eigenvalue weighted by Crippen LogP contribution is 2.41. The van der Waals surface area contributed by atoms with E-state index >= 15 is 0 Å². The van der Waals surface area contributed by atoms with E-state index in [0.717, 1.165) is 46.9 Å². The number of oxazole rings is 1. The molecule has 4 aromatic rings. The van der Waals surface area contributed by atoms with E-state index in [1.807, 2.05) is 0 Å². The van der Waals surface area contributed by atoms with Crippen LogP contribution >= 0.6 is 11.3 Å². The monoisotopic (exact) mass is 751 g/mol. The van der Waals surface area contributed by atoms with Gasteiger partial charge in [-0.15, -0.1) is 11.3 Å². The van der Waals surface area contributed by atoms with Crippen LogP contribution in [0.2, 0.25) is 0 Å². The number of hydrogen-bond acceptors (Lipinski definition) is 11. The van der Waals surface area contributed by atoms with Gasteiger partial charge in [0, 0.05) is 5.56 Å². The van der Waals surface area contributed by atoms with Gasteiger partial charge in [0.25, 0.3) is 5.56 Å². The van der Waals surface area contributed by atoms with Crippen LogP contribution in [-0.4, -0.2) is 64.2 Å². The van der Waals surface area contributed by atoms with E-state index in [4.69, 9.17) is 18.6 Å². The number of aryl methyl sites for hydroxylation is 1. The molecule has 0 amide bonds. The van der Waals surface area contributed by atoms with Crippen molar-refractivity contribution in [1.82, 2.24) is 14.1 Å². The van der Waals surface area contributed by atoms with Gasteiger partial charge in [-0.2, -0.15) is 8.78 Å². The lowest BCUT2D eigenvalue weighted by atomic mass is 9.99. The SMILES string of the molecule is Cc1c(-c2ncco2)sc2c1c(=O)n(C(C)(C)C(=O)CS(=O)(=O)C1CC1)c(=O)n2C[C@H](OC1C[C@H]2CC[C@@H](C1)O2)c1cc(F)ccc1OC(F)F. The Bertz CT molecular complexity index is 2200. The maximum Gasteiger partial charge on any atom is 0.387 e. The summed E-state index contributed by atoms with van der Waals surface area (Å²) in [7, 11) is -3.82. The molecule has 5 heterocycles. The van der Waals surface area contributed by atoms with Crippen LogP contribution in [0.15, 0.2) is 44.7 Å². The molecule has 2 aliphatic heterocycles. The summed E-state index contributed by atoms with van der Waals surface area (Å²) in [5, 5.41) is -0.616. The Balaban J connectivity index is 1.41. The van der Waals surface area contributed by atoms with Crippen LogP contribution in [-0.2, 0) is 36.2 Å². The number of rotatable bonds is 13. The van der Waals surface area contributed by atoms with Crippen LogP contribution in [0.1, 0.15) is 69.6 Å². The number of halogens is 3. The fourth-order valence-electron chi connectivity index (χ4n) is 7.08. The second kappa shape index (κ2) is 13.3. The summed E-state index contributed by atoms with van der Waals surface area (Å²) in [5.74, 6) is -2.70. The first kappa shape index (κ1) is 35.6. The number of fused-ring (bicyclic) bond motifs is 3. The zero-order chi connectivity index (χ0) is 36.4. The Morgan fingerprint density at radius 3 is 2.47 bits per heavy atom. The van der Waals surface area contributed by atoms with Gasteiger partial charge in [0.05, 0.1) is 46.6 Å². The molecule has 3 fully saturated rings. The summed E-state index contributed by atoms with van der Waals surface area (Å²) in [6, 6.07) is 3.02. The molecule has 0 spiro atoms. The highest BCUT2D eigenvalue weighted by molar-refractivity contribution is 7.93. The summed E-state index contributed by atoms with van der Waals surface area (Å²) in [5.41, 5.74) is -3.49. The van der Waals surface area contributed by atoms with Crippen LogP contribution in [0, 0.1) is 12.7 Å². The maximum atomic E-state index is 14.9. The molecule has 2 bridgehead atoms. The normalized spacial score (nSPS) is 21.4. The number of carbonyl (C=O) groups is 1. The lowest BCUT2D eigenvalue weighted by molar-refractivity contribution is -0.123. The molecule has 51 heavy (non-hydrogen) atoms. The van der Waals surface area contributed by atoms with Crippen LogP contribution < -0.4 is 16.0 Å². The number of ketones is 1. The molecule has 3 aromatic heterocycles. The molecule has 7 rings (SSSR count). The van der Waals surface area contributed by atoms with Crippen molar-refractivity contribution in [2.24, 2.45) is 0 Å². The summed E-state index contributed by atoms with van der Waals surface area (Å²) in [6.45, 7) is 0.548. The largest absolute Gasteiger partial charge is 0.444 e. The van der Waals surface area contributed by atoms with Gasteiger partial charge in [-0.3, -0.25) is 14.2 Å². The van der Waals surface area contributed by atoms with E-state index < -0.39 is 74.6 Å². The highest BCUT2D eigenvalue weighted by Gasteiger charge is 2.43. The Kier molecular flexibility index (Phi) is 9.29. The first-order valence-corrected chi connectivity index (χ1v) is 19.2. The average Bonchev–Trinajstić information content (AvgIpc) is 3.55. The van der Waals surface area contributed by atoms with E-state index in [1.54, 1.807) is 6.92 Å². The predicted octanol–water partition coefficient (Wildman–Crippen LogP) is 5.28. The Morgan fingerprint density at radius 1 is 1.14 bits per heavy atom. The number of ether oxygens (including phenoxy) is 3. The maximum absolute atomic E-state index is 14.9. The van der Waals surface area contributed by atoms with Crippen molar-refractivity contribution < 1.29 is 45.0 Å². The van der Waals surface area contributed by atoms with Gasteiger partial charge in [-0.1, -0.05) is 0 Å². The molecule has 1 aromatic carbocycles. The van der Waals surface area contributed by atoms with Crippen molar-refractivity contribution in [2.75, 3.05) is 5.75 Å². The van der Waals surface area contributed by atoms with Crippen LogP contribution in [0.25, 0.3) is 21.0 Å². The smallest absolute Gasteiger partial charge is 0.387 e. The molecule has 12 nitrogen and oxygen atoms in total. The number of benzene rings is 1. The number of aromatic nitrogens is 3. The zero-order valence-electron chi connectivity index (χ0n) is 28.0. The second-order valence-corrected chi connectivity index (χ2v) is 17.1. The van der Waals surface area contributed by atoms with E-state index in [1.165, 1.54) is 30.9 Å². The van der Waals surface area contributed by atoms with Crippen LogP contribution in [0.3, 0.4) is 0 Å². The molecule has 17 heteroatoms. The Hall–Kier alpha value is -3.80. The number of thiophene rings is 1. The van der Waals surface area contributed by atoms with Crippen molar-refractivity contribution in [2.45, 2.75) is 108 Å². The van der Waals surface area contributed by atoms with Gasteiger partial charge in [-0.25, -0.2) is 27.2 Å². The third-order valence-electron chi connectivity index (χ3n) is 9.93. The van der Waals surface area contributed by atoms with Gasteiger partial charge >= 0.3 is 12.3 Å². The van der Waals surface area contributed by atoms with E-state index in [0.29, 0.717) is 36.1 Å². The van der Waals surface area contributed by atoms with Crippen LogP contribution in [0.5, 0.6) is 5.75 Å². The second-order valence-electron chi connectivity index (χ2n) is 13.8. The molecule has 274 valence electrons. The topological polar surface area (TPSA) is 149 Å². The first-order valence-electron chi connectivity index (χ1n) is 16.6. The van der Waals surface area contributed by atoms with Crippen molar-refractivity contribution in [3.63, 3.8) is 0 Å². The standard InChI is InChI=1S/C34H36F3N3O9S2/c1-17-27-30(42)40(34(2,3)26(41)16-51(44,45)22-7-8-22)33(43)39(31(27)50-28(17)29-38-10-11-46-29)15-25(48-21-13-19-5-6-20(14-21)47-19)23-12-18(35)4-9-24(23)49-32(36)37/h4,9-12,19-22,25,32H,5-8,13-16H2,1-3H3/t19-,20+,21?,25-/m0/s1. The van der Waals surface area contributed by atoms with Crippen molar-refractivity contribution >= 4 is 37.2 Å². The lowest BCUT2D eigenvalue weighted by Crippen LogP contribution is -2.54. The van der Waals surface area contributed by atoms with Gasteiger partial charge in [0.15, 0.2) is 15.6 Å². The number of hydrogen-bond donors (Lipinski definition) is 0. The Labute approximate surface area is 294 Å². The molecule has 4 atom stereocenters. The molecular weight excluding hydrogens is 716 g/mol. The third-order valence-corrected chi connectivity index (χ3v) is 13.4. The zero-order valence-corrected chi connectivity index (χ0v) is 29.6. The predicted molar refractivity (Wildman–Crippen MR) is 179 cm³/mol. The minimum absolute atomic E-state index is 0.0323. The molecule has 1 unspecified atom stereocenters. The number of carbonyl (C=O) groups excluding carboxylic acids is 1.